The zero-order chi connectivity index (χ0) is 19.3. The smallest absolute Gasteiger partial charge is 0.179 e. The van der Waals surface area contributed by atoms with E-state index in [9.17, 15) is 0 Å². The number of benzene rings is 2. The summed E-state index contributed by atoms with van der Waals surface area (Å²) in [7, 11) is 2.13. The van der Waals surface area contributed by atoms with Gasteiger partial charge in [-0.1, -0.05) is 29.8 Å². The minimum atomic E-state index is 0.622. The Kier molecular flexibility index (Phi) is 6.25. The predicted molar refractivity (Wildman–Crippen MR) is 112 cm³/mol. The zero-order valence-electron chi connectivity index (χ0n) is 16.3. The molecule has 0 saturated carbocycles. The Hall–Kier alpha value is -1.95. The number of halogens is 1. The van der Waals surface area contributed by atoms with Crippen molar-refractivity contribution in [1.29, 1.82) is 0 Å². The fraction of sp³-hybridized carbons (Fsp3) is 0.455. The molecular formula is C22H27ClN2O3. The highest BCUT2D eigenvalue weighted by atomic mass is 35.5. The van der Waals surface area contributed by atoms with Gasteiger partial charge in [-0.25, -0.2) is 0 Å². The summed E-state index contributed by atoms with van der Waals surface area (Å²) in [5.41, 5.74) is 3.75. The van der Waals surface area contributed by atoms with E-state index in [1.165, 1.54) is 11.3 Å². The molecule has 4 rings (SSSR count). The van der Waals surface area contributed by atoms with Gasteiger partial charge in [0.1, 0.15) is 0 Å². The molecule has 5 nitrogen and oxygen atoms in total. The van der Waals surface area contributed by atoms with E-state index in [2.05, 4.69) is 47.2 Å². The van der Waals surface area contributed by atoms with Gasteiger partial charge in [-0.2, -0.15) is 0 Å². The van der Waals surface area contributed by atoms with Gasteiger partial charge in [-0.15, -0.1) is 0 Å². The summed E-state index contributed by atoms with van der Waals surface area (Å²) in [5.74, 6) is 1.42. The van der Waals surface area contributed by atoms with E-state index in [1.54, 1.807) is 0 Å². The van der Waals surface area contributed by atoms with Gasteiger partial charge < -0.3 is 19.1 Å². The fourth-order valence-corrected chi connectivity index (χ4v) is 4.08. The van der Waals surface area contributed by atoms with Crippen molar-refractivity contribution in [1.82, 2.24) is 4.90 Å². The van der Waals surface area contributed by atoms with Crippen LogP contribution in [0, 0.1) is 0 Å². The summed E-state index contributed by atoms with van der Waals surface area (Å²) in [6.45, 7) is 6.42. The highest BCUT2D eigenvalue weighted by Crippen LogP contribution is 2.38. The Morgan fingerprint density at radius 2 is 1.79 bits per heavy atom. The molecule has 28 heavy (non-hydrogen) atoms. The molecule has 2 aromatic carbocycles. The van der Waals surface area contributed by atoms with E-state index >= 15 is 0 Å². The molecule has 0 unspecified atom stereocenters. The number of para-hydroxylation sites is 1. The van der Waals surface area contributed by atoms with Crippen LogP contribution in [0.5, 0.6) is 11.5 Å². The van der Waals surface area contributed by atoms with Crippen molar-refractivity contribution >= 4 is 17.3 Å². The average molecular weight is 403 g/mol. The van der Waals surface area contributed by atoms with E-state index in [0.29, 0.717) is 24.0 Å². The van der Waals surface area contributed by atoms with Crippen molar-refractivity contribution in [2.75, 3.05) is 51.5 Å². The first-order valence-corrected chi connectivity index (χ1v) is 10.3. The van der Waals surface area contributed by atoms with Crippen molar-refractivity contribution in [3.63, 3.8) is 0 Å². The van der Waals surface area contributed by atoms with E-state index in [4.69, 9.17) is 25.8 Å². The van der Waals surface area contributed by atoms with Crippen LogP contribution in [0.4, 0.5) is 5.69 Å². The third-order valence-corrected chi connectivity index (χ3v) is 5.38. The molecule has 1 saturated heterocycles. The number of anilines is 1. The van der Waals surface area contributed by atoms with Crippen molar-refractivity contribution < 1.29 is 14.2 Å². The predicted octanol–water partition coefficient (Wildman–Crippen LogP) is 3.97. The normalized spacial score (nSPS) is 16.9. The standard InChI is InChI=1S/C22H27ClN2O3/c1-24(15-17-13-19(23)22-21(14-17)27-9-4-10-28-22)16-18-5-2-3-6-20(18)25-7-11-26-12-8-25/h2-3,5-6,13-14H,4,7-12,15-16H2,1H3. The van der Waals surface area contributed by atoms with Crippen LogP contribution in [0.25, 0.3) is 0 Å². The first-order chi connectivity index (χ1) is 13.7. The fourth-order valence-electron chi connectivity index (χ4n) is 3.79. The molecular weight excluding hydrogens is 376 g/mol. The molecule has 0 amide bonds. The second-order valence-corrected chi connectivity index (χ2v) is 7.76. The molecule has 1 fully saturated rings. The molecule has 2 heterocycles. The molecule has 0 bridgehead atoms. The first kappa shape index (κ1) is 19.4. The van der Waals surface area contributed by atoms with Crippen LogP contribution >= 0.6 is 11.6 Å². The quantitative estimate of drug-likeness (QED) is 0.756. The van der Waals surface area contributed by atoms with Gasteiger partial charge in [0.2, 0.25) is 0 Å². The Morgan fingerprint density at radius 3 is 2.64 bits per heavy atom. The maximum absolute atomic E-state index is 6.45. The van der Waals surface area contributed by atoms with Crippen LogP contribution in [0.2, 0.25) is 5.02 Å². The van der Waals surface area contributed by atoms with Crippen molar-refractivity contribution in [3.8, 4) is 11.5 Å². The zero-order valence-corrected chi connectivity index (χ0v) is 17.1. The van der Waals surface area contributed by atoms with Crippen molar-refractivity contribution in [2.24, 2.45) is 0 Å². The van der Waals surface area contributed by atoms with Crippen molar-refractivity contribution in [3.05, 3.63) is 52.5 Å². The number of fused-ring (bicyclic) bond motifs is 1. The molecule has 2 aromatic rings. The van der Waals surface area contributed by atoms with E-state index < -0.39 is 0 Å². The molecule has 0 aliphatic carbocycles. The van der Waals surface area contributed by atoms with E-state index in [1.807, 2.05) is 6.07 Å². The number of morpholine rings is 1. The molecule has 0 radical (unpaired) electrons. The highest BCUT2D eigenvalue weighted by Gasteiger charge is 2.18. The summed E-state index contributed by atoms with van der Waals surface area (Å²) >= 11 is 6.45. The minimum absolute atomic E-state index is 0.622. The second-order valence-electron chi connectivity index (χ2n) is 7.36. The SMILES string of the molecule is CN(Cc1cc(Cl)c2c(c1)OCCCO2)Cc1ccccc1N1CCOCC1. The van der Waals surface area contributed by atoms with Gasteiger partial charge >= 0.3 is 0 Å². The molecule has 0 atom stereocenters. The third-order valence-electron chi connectivity index (χ3n) is 5.10. The van der Waals surface area contributed by atoms with E-state index in [0.717, 1.165) is 57.1 Å². The minimum Gasteiger partial charge on any atom is -0.489 e. The number of hydrogen-bond acceptors (Lipinski definition) is 5. The molecule has 0 aromatic heterocycles. The Bertz CT molecular complexity index is 808. The summed E-state index contributed by atoms with van der Waals surface area (Å²) in [6, 6.07) is 12.7. The maximum atomic E-state index is 6.45. The van der Waals surface area contributed by atoms with Gasteiger partial charge in [0.25, 0.3) is 0 Å². The van der Waals surface area contributed by atoms with Crippen LogP contribution in [-0.4, -0.2) is 51.5 Å². The van der Waals surface area contributed by atoms with Crippen LogP contribution in [0.15, 0.2) is 36.4 Å². The topological polar surface area (TPSA) is 34.2 Å². The average Bonchev–Trinajstić information content (AvgIpc) is 2.95. The Morgan fingerprint density at radius 1 is 1.00 bits per heavy atom. The lowest BCUT2D eigenvalue weighted by atomic mass is 10.1. The number of ether oxygens (including phenoxy) is 3. The summed E-state index contributed by atoms with van der Waals surface area (Å²) in [4.78, 5) is 4.71. The molecule has 2 aliphatic heterocycles. The van der Waals surface area contributed by atoms with E-state index in [-0.39, 0.29) is 0 Å². The van der Waals surface area contributed by atoms with Gasteiger partial charge in [0, 0.05) is 38.3 Å². The van der Waals surface area contributed by atoms with Crippen molar-refractivity contribution in [2.45, 2.75) is 19.5 Å². The van der Waals surface area contributed by atoms with Crippen LogP contribution in [0.1, 0.15) is 17.5 Å². The van der Waals surface area contributed by atoms with Gasteiger partial charge in [-0.05, 0) is 36.4 Å². The number of nitrogens with zero attached hydrogens (tertiary/aromatic N) is 2. The van der Waals surface area contributed by atoms with Gasteiger partial charge in [0.05, 0.1) is 31.5 Å². The lowest BCUT2D eigenvalue weighted by Gasteiger charge is -2.31. The second kappa shape index (κ2) is 9.03. The highest BCUT2D eigenvalue weighted by molar-refractivity contribution is 6.32. The third kappa shape index (κ3) is 4.54. The summed E-state index contributed by atoms with van der Waals surface area (Å²) in [5, 5.41) is 0.622. The first-order valence-electron chi connectivity index (χ1n) is 9.88. The van der Waals surface area contributed by atoms with Crippen LogP contribution < -0.4 is 14.4 Å². The molecule has 0 N–H and O–H groups in total. The lowest BCUT2D eigenvalue weighted by molar-refractivity contribution is 0.122. The summed E-state index contributed by atoms with van der Waals surface area (Å²) < 4.78 is 17.1. The Labute approximate surface area is 171 Å². The van der Waals surface area contributed by atoms with Crippen LogP contribution in [0.3, 0.4) is 0 Å². The number of hydrogen-bond donors (Lipinski definition) is 0. The monoisotopic (exact) mass is 402 g/mol. The lowest BCUT2D eigenvalue weighted by Crippen LogP contribution is -2.37. The van der Waals surface area contributed by atoms with Gasteiger partial charge in [-0.3, -0.25) is 4.90 Å². The van der Waals surface area contributed by atoms with Gasteiger partial charge in [0.15, 0.2) is 11.5 Å². The maximum Gasteiger partial charge on any atom is 0.179 e. The summed E-state index contributed by atoms with van der Waals surface area (Å²) in [6.07, 6.45) is 0.874. The molecule has 150 valence electrons. The van der Waals surface area contributed by atoms with Crippen LogP contribution in [-0.2, 0) is 17.8 Å². The largest absolute Gasteiger partial charge is 0.489 e. The Balaban J connectivity index is 1.47. The molecule has 0 spiro atoms. The molecule has 2 aliphatic rings. The number of rotatable bonds is 5. The molecule has 6 heteroatoms.